The number of nitrogens with one attached hydrogen (secondary N) is 2. The molecule has 1 aliphatic heterocycles. The molecule has 27 heavy (non-hydrogen) atoms. The second-order valence-electron chi connectivity index (χ2n) is 7.33. The third-order valence-electron chi connectivity index (χ3n) is 5.34. The quantitative estimate of drug-likeness (QED) is 0.850. The van der Waals surface area contributed by atoms with E-state index in [1.54, 1.807) is 38.2 Å². The van der Waals surface area contributed by atoms with Gasteiger partial charge in [-0.05, 0) is 31.4 Å². The summed E-state index contributed by atoms with van der Waals surface area (Å²) in [7, 11) is 3.29. The van der Waals surface area contributed by atoms with Crippen molar-refractivity contribution in [1.29, 1.82) is 0 Å². The number of hydrogen-bond donors (Lipinski definition) is 2. The number of hydrogen-bond acceptors (Lipinski definition) is 5. The van der Waals surface area contributed by atoms with Crippen LogP contribution in [-0.4, -0.2) is 50.4 Å². The maximum atomic E-state index is 13.0. The highest BCUT2D eigenvalue weighted by Crippen LogP contribution is 2.39. The van der Waals surface area contributed by atoms with Crippen LogP contribution in [-0.2, 0) is 11.8 Å². The summed E-state index contributed by atoms with van der Waals surface area (Å²) >= 11 is 0. The molecule has 2 aromatic rings. The Morgan fingerprint density at radius 3 is 2.89 bits per heavy atom. The SMILES string of the molecule is CO[C@@H]1C[C@@H](c2nc(C3CC3)n[nH]2)N(C(=O)Nc2c(C)ccn(C)c2=O)C1. The van der Waals surface area contributed by atoms with Crippen LogP contribution in [0.25, 0.3) is 0 Å². The van der Waals surface area contributed by atoms with Crippen molar-refractivity contribution in [2.75, 3.05) is 19.0 Å². The fourth-order valence-electron chi connectivity index (χ4n) is 3.46. The molecule has 4 rings (SSSR count). The van der Waals surface area contributed by atoms with Crippen molar-refractivity contribution >= 4 is 11.7 Å². The van der Waals surface area contributed by atoms with Crippen molar-refractivity contribution in [2.24, 2.45) is 7.05 Å². The molecule has 1 saturated carbocycles. The average Bonchev–Trinajstić information content (AvgIpc) is 3.23. The number of rotatable bonds is 4. The van der Waals surface area contributed by atoms with Gasteiger partial charge in [-0.15, -0.1) is 0 Å². The van der Waals surface area contributed by atoms with Crippen molar-refractivity contribution in [3.63, 3.8) is 0 Å². The van der Waals surface area contributed by atoms with Crippen molar-refractivity contribution in [3.05, 3.63) is 39.8 Å². The lowest BCUT2D eigenvalue weighted by Crippen LogP contribution is -2.38. The van der Waals surface area contributed by atoms with Crippen LogP contribution < -0.4 is 10.9 Å². The zero-order valence-corrected chi connectivity index (χ0v) is 15.7. The molecule has 3 heterocycles. The van der Waals surface area contributed by atoms with Crippen LogP contribution in [0, 0.1) is 6.92 Å². The summed E-state index contributed by atoms with van der Waals surface area (Å²) in [6.45, 7) is 2.23. The molecule has 9 nitrogen and oxygen atoms in total. The van der Waals surface area contributed by atoms with Crippen LogP contribution in [0.1, 0.15) is 48.4 Å². The Bertz CT molecular complexity index is 916. The highest BCUT2D eigenvalue weighted by molar-refractivity contribution is 5.90. The van der Waals surface area contributed by atoms with Gasteiger partial charge in [0.15, 0.2) is 5.82 Å². The third-order valence-corrected chi connectivity index (χ3v) is 5.34. The van der Waals surface area contributed by atoms with Crippen LogP contribution in [0.15, 0.2) is 17.1 Å². The number of aryl methyl sites for hydroxylation is 2. The van der Waals surface area contributed by atoms with Crippen molar-refractivity contribution < 1.29 is 9.53 Å². The van der Waals surface area contributed by atoms with E-state index in [0.29, 0.717) is 30.4 Å². The van der Waals surface area contributed by atoms with Crippen LogP contribution in [0.5, 0.6) is 0 Å². The van der Waals surface area contributed by atoms with Gasteiger partial charge < -0.3 is 19.5 Å². The molecule has 2 atom stereocenters. The molecule has 2 fully saturated rings. The van der Waals surface area contributed by atoms with Gasteiger partial charge in [0, 0.05) is 39.2 Å². The van der Waals surface area contributed by atoms with Gasteiger partial charge in [0.1, 0.15) is 11.5 Å². The number of carbonyl (C=O) groups is 1. The van der Waals surface area contributed by atoms with Crippen molar-refractivity contribution in [1.82, 2.24) is 24.6 Å². The van der Waals surface area contributed by atoms with Gasteiger partial charge in [-0.25, -0.2) is 9.78 Å². The zero-order valence-electron chi connectivity index (χ0n) is 15.7. The Morgan fingerprint density at radius 2 is 2.19 bits per heavy atom. The highest BCUT2D eigenvalue weighted by atomic mass is 16.5. The predicted molar refractivity (Wildman–Crippen MR) is 98.7 cm³/mol. The Balaban J connectivity index is 1.58. The number of pyridine rings is 1. The van der Waals surface area contributed by atoms with E-state index in [1.165, 1.54) is 4.57 Å². The molecule has 0 bridgehead atoms. The van der Waals surface area contributed by atoms with Gasteiger partial charge in [-0.1, -0.05) is 0 Å². The molecule has 0 aromatic carbocycles. The zero-order chi connectivity index (χ0) is 19.1. The summed E-state index contributed by atoms with van der Waals surface area (Å²) in [5.41, 5.74) is 0.778. The first kappa shape index (κ1) is 17.7. The minimum Gasteiger partial charge on any atom is -0.380 e. The second kappa shape index (κ2) is 6.80. The molecule has 1 saturated heterocycles. The van der Waals surface area contributed by atoms with E-state index >= 15 is 0 Å². The van der Waals surface area contributed by atoms with E-state index in [4.69, 9.17) is 4.74 Å². The molecular weight excluding hydrogens is 348 g/mol. The Hall–Kier alpha value is -2.68. The molecule has 2 aromatic heterocycles. The first-order valence-electron chi connectivity index (χ1n) is 9.16. The lowest BCUT2D eigenvalue weighted by Gasteiger charge is -2.23. The van der Waals surface area contributed by atoms with Gasteiger partial charge in [-0.3, -0.25) is 9.89 Å². The first-order valence-corrected chi connectivity index (χ1v) is 9.16. The standard InChI is InChI=1S/C18H24N6O3/c1-10-6-7-23(2)17(25)14(10)19-18(26)24-9-12(27-3)8-13(24)16-20-15(21-22-16)11-4-5-11/h6-7,11-13H,4-5,8-9H2,1-3H3,(H,19,26)(H,20,21,22)/t12-,13+/m1/s1. The first-order chi connectivity index (χ1) is 13.0. The Kier molecular flexibility index (Phi) is 4.47. The number of carbonyl (C=O) groups excluding carboxylic acids is 1. The number of aromatic nitrogens is 4. The summed E-state index contributed by atoms with van der Waals surface area (Å²) < 4.78 is 6.92. The summed E-state index contributed by atoms with van der Waals surface area (Å²) in [4.78, 5) is 31.6. The lowest BCUT2D eigenvalue weighted by atomic mass is 10.2. The van der Waals surface area contributed by atoms with Crippen molar-refractivity contribution in [3.8, 4) is 0 Å². The lowest BCUT2D eigenvalue weighted by molar-refractivity contribution is 0.111. The van der Waals surface area contributed by atoms with Gasteiger partial charge in [0.2, 0.25) is 0 Å². The average molecular weight is 372 g/mol. The number of H-pyrrole nitrogens is 1. The molecular formula is C18H24N6O3. The van der Waals surface area contributed by atoms with Crippen LogP contribution in [0.3, 0.4) is 0 Å². The fraction of sp³-hybridized carbons (Fsp3) is 0.556. The van der Waals surface area contributed by atoms with Gasteiger partial charge in [0.25, 0.3) is 5.56 Å². The van der Waals surface area contributed by atoms with E-state index in [1.807, 2.05) is 0 Å². The van der Waals surface area contributed by atoms with Crippen LogP contribution in [0.2, 0.25) is 0 Å². The van der Waals surface area contributed by atoms with Crippen LogP contribution >= 0.6 is 0 Å². The third kappa shape index (κ3) is 3.34. The smallest absolute Gasteiger partial charge is 0.322 e. The largest absolute Gasteiger partial charge is 0.380 e. The summed E-state index contributed by atoms with van der Waals surface area (Å²) in [5, 5.41) is 10.1. The summed E-state index contributed by atoms with van der Waals surface area (Å²) in [6.07, 6.45) is 4.46. The number of urea groups is 1. The van der Waals surface area contributed by atoms with E-state index in [2.05, 4.69) is 20.5 Å². The molecule has 0 radical (unpaired) electrons. The minimum atomic E-state index is -0.338. The molecule has 0 unspecified atom stereocenters. The molecule has 2 amide bonds. The minimum absolute atomic E-state index is 0.0880. The fourth-order valence-corrected chi connectivity index (χ4v) is 3.46. The maximum absolute atomic E-state index is 13.0. The molecule has 2 aliphatic rings. The number of likely N-dealkylation sites (tertiary alicyclic amines) is 1. The molecule has 0 spiro atoms. The second-order valence-corrected chi connectivity index (χ2v) is 7.33. The number of anilines is 1. The highest BCUT2D eigenvalue weighted by Gasteiger charge is 2.39. The van der Waals surface area contributed by atoms with E-state index in [9.17, 15) is 9.59 Å². The summed E-state index contributed by atoms with van der Waals surface area (Å²) in [5.74, 6) is 1.93. The van der Waals surface area contributed by atoms with Gasteiger partial charge >= 0.3 is 6.03 Å². The predicted octanol–water partition coefficient (Wildman–Crippen LogP) is 1.68. The van der Waals surface area contributed by atoms with Crippen LogP contribution in [0.4, 0.5) is 10.5 Å². The molecule has 144 valence electrons. The Morgan fingerprint density at radius 1 is 1.41 bits per heavy atom. The number of aromatic amines is 1. The van der Waals surface area contributed by atoms with E-state index < -0.39 is 0 Å². The van der Waals surface area contributed by atoms with E-state index in [-0.39, 0.29) is 23.7 Å². The monoisotopic (exact) mass is 372 g/mol. The Labute approximate surface area is 156 Å². The van der Waals surface area contributed by atoms with Gasteiger partial charge in [0.05, 0.1) is 12.1 Å². The molecule has 2 N–H and O–H groups in total. The topological polar surface area (TPSA) is 105 Å². The number of methoxy groups -OCH3 is 1. The van der Waals surface area contributed by atoms with Gasteiger partial charge in [-0.2, -0.15) is 5.10 Å². The number of ether oxygens (including phenoxy) is 1. The number of amides is 2. The number of nitrogens with zero attached hydrogens (tertiary/aromatic N) is 4. The summed E-state index contributed by atoms with van der Waals surface area (Å²) in [6, 6.07) is 1.20. The molecule has 1 aliphatic carbocycles. The normalized spacial score (nSPS) is 22.3. The van der Waals surface area contributed by atoms with Crippen molar-refractivity contribution in [2.45, 2.75) is 44.2 Å². The van der Waals surface area contributed by atoms with E-state index in [0.717, 1.165) is 24.2 Å². The molecule has 9 heteroatoms. The maximum Gasteiger partial charge on any atom is 0.322 e.